The normalized spacial score (nSPS) is 15.0. The van der Waals surface area contributed by atoms with Crippen molar-refractivity contribution < 1.29 is 9.53 Å². The Morgan fingerprint density at radius 3 is 2.78 bits per heavy atom. The molecule has 1 aromatic carbocycles. The topological polar surface area (TPSA) is 60.3 Å². The fourth-order valence-corrected chi connectivity index (χ4v) is 3.15. The van der Waals surface area contributed by atoms with Gasteiger partial charge in [-0.3, -0.25) is 9.59 Å². The molecule has 5 nitrogen and oxygen atoms in total. The van der Waals surface area contributed by atoms with Gasteiger partial charge in [-0.15, -0.1) is 0 Å². The molecule has 1 fully saturated rings. The molecule has 23 heavy (non-hydrogen) atoms. The summed E-state index contributed by atoms with van der Waals surface area (Å²) in [6.45, 7) is 2.54. The molecule has 1 N–H and O–H groups in total. The predicted octanol–water partition coefficient (Wildman–Crippen LogP) is 2.46. The third-order valence-corrected chi connectivity index (χ3v) is 4.40. The highest BCUT2D eigenvalue weighted by molar-refractivity contribution is 5.88. The number of carbonyl (C=O) groups excluding carboxylic acids is 1. The van der Waals surface area contributed by atoms with E-state index in [0.717, 1.165) is 18.2 Å². The number of benzene rings is 1. The summed E-state index contributed by atoms with van der Waals surface area (Å²) in [6, 6.07) is 7.52. The Labute approximate surface area is 135 Å². The van der Waals surface area contributed by atoms with E-state index in [2.05, 4.69) is 5.32 Å². The first-order valence-corrected chi connectivity index (χ1v) is 8.23. The summed E-state index contributed by atoms with van der Waals surface area (Å²) in [5, 5.41) is 4.36. The lowest BCUT2D eigenvalue weighted by Gasteiger charge is -2.13. The van der Waals surface area contributed by atoms with Crippen LogP contribution in [0.3, 0.4) is 0 Å². The second kappa shape index (κ2) is 6.86. The lowest BCUT2D eigenvalue weighted by molar-refractivity contribution is -0.123. The van der Waals surface area contributed by atoms with Gasteiger partial charge in [0.2, 0.25) is 0 Å². The van der Waals surface area contributed by atoms with Gasteiger partial charge in [0.05, 0.1) is 5.39 Å². The summed E-state index contributed by atoms with van der Waals surface area (Å²) in [7, 11) is 0. The first-order chi connectivity index (χ1) is 11.2. The van der Waals surface area contributed by atoms with E-state index in [-0.39, 0.29) is 24.1 Å². The molecule has 1 saturated carbocycles. The van der Waals surface area contributed by atoms with Crippen LogP contribution in [-0.4, -0.2) is 23.1 Å². The maximum absolute atomic E-state index is 12.3. The maximum atomic E-state index is 12.3. The number of ether oxygens (including phenoxy) is 1. The summed E-state index contributed by atoms with van der Waals surface area (Å²) in [5.74, 6) is 0.472. The van der Waals surface area contributed by atoms with Crippen molar-refractivity contribution in [2.75, 3.05) is 6.61 Å². The van der Waals surface area contributed by atoms with Gasteiger partial charge in [-0.1, -0.05) is 18.9 Å². The van der Waals surface area contributed by atoms with Gasteiger partial charge in [0.15, 0.2) is 6.61 Å². The van der Waals surface area contributed by atoms with Gasteiger partial charge in [-0.25, -0.2) is 0 Å². The molecule has 1 aromatic heterocycles. The van der Waals surface area contributed by atoms with Crippen molar-refractivity contribution in [1.29, 1.82) is 0 Å². The van der Waals surface area contributed by atoms with Gasteiger partial charge in [-0.2, -0.15) is 0 Å². The van der Waals surface area contributed by atoms with E-state index in [9.17, 15) is 9.59 Å². The molecule has 3 rings (SSSR count). The van der Waals surface area contributed by atoms with Crippen LogP contribution in [0.4, 0.5) is 0 Å². The van der Waals surface area contributed by atoms with E-state index in [4.69, 9.17) is 4.74 Å². The van der Waals surface area contributed by atoms with Crippen molar-refractivity contribution in [2.45, 2.75) is 45.2 Å². The Balaban J connectivity index is 1.74. The highest BCUT2D eigenvalue weighted by atomic mass is 16.5. The second-order valence-corrected chi connectivity index (χ2v) is 5.96. The number of aromatic nitrogens is 1. The number of pyridine rings is 1. The summed E-state index contributed by atoms with van der Waals surface area (Å²) < 4.78 is 7.31. The molecule has 1 aliphatic carbocycles. The van der Waals surface area contributed by atoms with Crippen LogP contribution in [0.5, 0.6) is 5.75 Å². The van der Waals surface area contributed by atoms with Gasteiger partial charge < -0.3 is 14.6 Å². The fraction of sp³-hybridized carbons (Fsp3) is 0.444. The molecule has 5 heteroatoms. The minimum absolute atomic E-state index is 0.0214. The van der Waals surface area contributed by atoms with Crippen LogP contribution in [-0.2, 0) is 11.3 Å². The van der Waals surface area contributed by atoms with E-state index >= 15 is 0 Å². The number of hydrogen-bond acceptors (Lipinski definition) is 3. The molecule has 0 unspecified atom stereocenters. The minimum atomic E-state index is -0.101. The smallest absolute Gasteiger partial charge is 0.258 e. The van der Waals surface area contributed by atoms with Crippen LogP contribution in [0.15, 0.2) is 35.3 Å². The van der Waals surface area contributed by atoms with E-state index in [0.29, 0.717) is 17.7 Å². The van der Waals surface area contributed by atoms with E-state index in [1.807, 2.05) is 13.0 Å². The third kappa shape index (κ3) is 3.38. The number of rotatable bonds is 5. The zero-order chi connectivity index (χ0) is 16.2. The van der Waals surface area contributed by atoms with Crippen LogP contribution in [0, 0.1) is 0 Å². The molecule has 0 bridgehead atoms. The quantitative estimate of drug-likeness (QED) is 0.922. The molecule has 1 heterocycles. The Bertz CT molecular complexity index is 760. The monoisotopic (exact) mass is 314 g/mol. The number of nitrogens with one attached hydrogen (secondary N) is 1. The van der Waals surface area contributed by atoms with E-state index in [1.165, 1.54) is 12.8 Å². The number of carbonyl (C=O) groups is 1. The first kappa shape index (κ1) is 15.6. The lowest BCUT2D eigenvalue weighted by Crippen LogP contribution is -2.36. The van der Waals surface area contributed by atoms with Crippen molar-refractivity contribution in [3.05, 3.63) is 40.8 Å². The summed E-state index contributed by atoms with van der Waals surface area (Å²) in [4.78, 5) is 24.3. The first-order valence-electron chi connectivity index (χ1n) is 8.23. The standard InChI is InChI=1S/C18H22N2O3/c1-2-20-11-10-14-15(18(20)22)8-5-9-16(14)23-12-17(21)19-13-6-3-4-7-13/h5,8-11,13H,2-4,6-7,12H2,1H3,(H,19,21). The van der Waals surface area contributed by atoms with Crippen molar-refractivity contribution in [2.24, 2.45) is 0 Å². The Morgan fingerprint density at radius 1 is 1.26 bits per heavy atom. The van der Waals surface area contributed by atoms with Crippen molar-refractivity contribution >= 4 is 16.7 Å². The largest absolute Gasteiger partial charge is 0.483 e. The minimum Gasteiger partial charge on any atom is -0.483 e. The molecule has 122 valence electrons. The van der Waals surface area contributed by atoms with Gasteiger partial charge in [-0.05, 0) is 38.0 Å². The molecule has 0 saturated heterocycles. The maximum Gasteiger partial charge on any atom is 0.258 e. The zero-order valence-electron chi connectivity index (χ0n) is 13.4. The van der Waals surface area contributed by atoms with E-state index in [1.54, 1.807) is 29.0 Å². The van der Waals surface area contributed by atoms with Gasteiger partial charge in [0.25, 0.3) is 11.5 Å². The zero-order valence-corrected chi connectivity index (χ0v) is 13.4. The third-order valence-electron chi connectivity index (χ3n) is 4.40. The van der Waals surface area contributed by atoms with Crippen molar-refractivity contribution in [3.63, 3.8) is 0 Å². The summed E-state index contributed by atoms with van der Waals surface area (Å²) in [6.07, 6.45) is 6.22. The number of aryl methyl sites for hydroxylation is 1. The molecule has 0 radical (unpaired) electrons. The SMILES string of the molecule is CCn1ccc2c(OCC(=O)NC3CCCC3)cccc2c1=O. The molecule has 0 spiro atoms. The molecule has 0 atom stereocenters. The number of fused-ring (bicyclic) bond motifs is 1. The van der Waals surface area contributed by atoms with Crippen LogP contribution in [0.25, 0.3) is 10.8 Å². The molecule has 1 aliphatic rings. The molecule has 2 aromatic rings. The summed E-state index contributed by atoms with van der Waals surface area (Å²) >= 11 is 0. The number of amides is 1. The summed E-state index contributed by atoms with van der Waals surface area (Å²) in [5.41, 5.74) is -0.0362. The van der Waals surface area contributed by atoms with Crippen LogP contribution < -0.4 is 15.6 Å². The lowest BCUT2D eigenvalue weighted by atomic mass is 10.1. The fourth-order valence-electron chi connectivity index (χ4n) is 3.15. The number of hydrogen-bond donors (Lipinski definition) is 1. The average molecular weight is 314 g/mol. The second-order valence-electron chi connectivity index (χ2n) is 5.96. The Morgan fingerprint density at radius 2 is 2.04 bits per heavy atom. The average Bonchev–Trinajstić information content (AvgIpc) is 3.06. The van der Waals surface area contributed by atoms with Crippen molar-refractivity contribution in [1.82, 2.24) is 9.88 Å². The van der Waals surface area contributed by atoms with Gasteiger partial charge in [0, 0.05) is 24.2 Å². The van der Waals surface area contributed by atoms with Gasteiger partial charge >= 0.3 is 0 Å². The highest BCUT2D eigenvalue weighted by Crippen LogP contribution is 2.23. The molecule has 0 aliphatic heterocycles. The number of nitrogens with zero attached hydrogens (tertiary/aromatic N) is 1. The highest BCUT2D eigenvalue weighted by Gasteiger charge is 2.17. The van der Waals surface area contributed by atoms with Crippen molar-refractivity contribution in [3.8, 4) is 5.75 Å². The van der Waals surface area contributed by atoms with Crippen LogP contribution >= 0.6 is 0 Å². The predicted molar refractivity (Wildman–Crippen MR) is 89.8 cm³/mol. The Hall–Kier alpha value is -2.30. The van der Waals surface area contributed by atoms with Gasteiger partial charge in [0.1, 0.15) is 5.75 Å². The Kier molecular flexibility index (Phi) is 4.65. The van der Waals surface area contributed by atoms with E-state index < -0.39 is 0 Å². The molecule has 1 amide bonds. The molecular formula is C18H22N2O3. The van der Waals surface area contributed by atoms with Crippen LogP contribution in [0.1, 0.15) is 32.6 Å². The van der Waals surface area contributed by atoms with Crippen LogP contribution in [0.2, 0.25) is 0 Å². The molecular weight excluding hydrogens is 292 g/mol.